The molecular formula is C10H14ClN. The SMILES string of the molecule is CCc1cnccc1CCCCl. The van der Waals surface area contributed by atoms with Crippen molar-refractivity contribution in [1.82, 2.24) is 4.98 Å². The fourth-order valence-electron chi connectivity index (χ4n) is 1.28. The summed E-state index contributed by atoms with van der Waals surface area (Å²) in [4.78, 5) is 4.09. The Labute approximate surface area is 78.8 Å². The van der Waals surface area contributed by atoms with Crippen molar-refractivity contribution in [2.75, 3.05) is 5.88 Å². The van der Waals surface area contributed by atoms with E-state index in [4.69, 9.17) is 11.6 Å². The number of pyridine rings is 1. The standard InChI is InChI=1S/C10H14ClN/c1-2-9-8-12-7-5-10(9)4-3-6-11/h5,7-8H,2-4,6H2,1H3. The second-order valence-corrected chi connectivity index (χ2v) is 3.17. The summed E-state index contributed by atoms with van der Waals surface area (Å²) >= 11 is 5.63. The van der Waals surface area contributed by atoms with Gasteiger partial charge in [0, 0.05) is 18.3 Å². The van der Waals surface area contributed by atoms with Gasteiger partial charge in [0.2, 0.25) is 0 Å². The van der Waals surface area contributed by atoms with Gasteiger partial charge in [-0.3, -0.25) is 4.98 Å². The van der Waals surface area contributed by atoms with Crippen LogP contribution in [-0.4, -0.2) is 10.9 Å². The number of hydrogen-bond donors (Lipinski definition) is 0. The molecule has 1 aromatic heterocycles. The zero-order valence-corrected chi connectivity index (χ0v) is 8.14. The highest BCUT2D eigenvalue weighted by Gasteiger charge is 1.98. The van der Waals surface area contributed by atoms with Crippen molar-refractivity contribution in [3.05, 3.63) is 29.6 Å². The summed E-state index contributed by atoms with van der Waals surface area (Å²) in [5, 5.41) is 0. The fourth-order valence-corrected chi connectivity index (χ4v) is 1.41. The summed E-state index contributed by atoms with van der Waals surface area (Å²) in [7, 11) is 0. The van der Waals surface area contributed by atoms with Crippen LogP contribution in [0.25, 0.3) is 0 Å². The first kappa shape index (κ1) is 9.53. The minimum absolute atomic E-state index is 0.742. The van der Waals surface area contributed by atoms with Crippen molar-refractivity contribution in [3.8, 4) is 0 Å². The Morgan fingerprint density at radius 1 is 1.42 bits per heavy atom. The minimum Gasteiger partial charge on any atom is -0.264 e. The molecule has 0 saturated heterocycles. The highest BCUT2D eigenvalue weighted by atomic mass is 35.5. The highest BCUT2D eigenvalue weighted by Crippen LogP contribution is 2.10. The largest absolute Gasteiger partial charge is 0.264 e. The van der Waals surface area contributed by atoms with Crippen molar-refractivity contribution in [2.24, 2.45) is 0 Å². The van der Waals surface area contributed by atoms with Gasteiger partial charge in [-0.25, -0.2) is 0 Å². The van der Waals surface area contributed by atoms with E-state index >= 15 is 0 Å². The maximum Gasteiger partial charge on any atom is 0.0302 e. The molecule has 0 amide bonds. The number of aromatic nitrogens is 1. The summed E-state index contributed by atoms with van der Waals surface area (Å²) < 4.78 is 0. The molecule has 0 atom stereocenters. The van der Waals surface area contributed by atoms with E-state index in [1.807, 2.05) is 12.4 Å². The molecule has 66 valence electrons. The zero-order valence-electron chi connectivity index (χ0n) is 7.39. The third-order valence-electron chi connectivity index (χ3n) is 1.97. The molecule has 0 aliphatic carbocycles. The number of rotatable bonds is 4. The van der Waals surface area contributed by atoms with Gasteiger partial charge in [-0.05, 0) is 36.5 Å². The van der Waals surface area contributed by atoms with Crippen LogP contribution in [0.3, 0.4) is 0 Å². The summed E-state index contributed by atoms with van der Waals surface area (Å²) in [5.74, 6) is 0.742. The lowest BCUT2D eigenvalue weighted by molar-refractivity contribution is 0.898. The molecule has 0 aliphatic heterocycles. The van der Waals surface area contributed by atoms with Crippen LogP contribution in [0.1, 0.15) is 24.5 Å². The van der Waals surface area contributed by atoms with Crippen LogP contribution in [0.2, 0.25) is 0 Å². The smallest absolute Gasteiger partial charge is 0.0302 e. The topological polar surface area (TPSA) is 12.9 Å². The third-order valence-corrected chi connectivity index (χ3v) is 2.23. The Hall–Kier alpha value is -0.560. The number of alkyl halides is 1. The maximum absolute atomic E-state index is 5.63. The van der Waals surface area contributed by atoms with E-state index in [1.54, 1.807) is 0 Å². The summed E-state index contributed by atoms with van der Waals surface area (Å²) in [5.41, 5.74) is 2.75. The van der Waals surface area contributed by atoms with E-state index in [0.717, 1.165) is 25.1 Å². The molecule has 0 aromatic carbocycles. The average molecular weight is 184 g/mol. The summed E-state index contributed by atoms with van der Waals surface area (Å²) in [6.45, 7) is 2.15. The molecule has 12 heavy (non-hydrogen) atoms. The van der Waals surface area contributed by atoms with Crippen LogP contribution in [0.4, 0.5) is 0 Å². The molecule has 0 radical (unpaired) electrons. The lowest BCUT2D eigenvalue weighted by Gasteiger charge is -2.04. The average Bonchev–Trinajstić information content (AvgIpc) is 2.15. The number of nitrogens with zero attached hydrogens (tertiary/aromatic N) is 1. The van der Waals surface area contributed by atoms with Crippen LogP contribution < -0.4 is 0 Å². The quantitative estimate of drug-likeness (QED) is 0.655. The van der Waals surface area contributed by atoms with Gasteiger partial charge in [0.1, 0.15) is 0 Å². The van der Waals surface area contributed by atoms with Gasteiger partial charge in [-0.1, -0.05) is 6.92 Å². The van der Waals surface area contributed by atoms with Gasteiger partial charge in [0.15, 0.2) is 0 Å². The molecule has 0 fully saturated rings. The zero-order chi connectivity index (χ0) is 8.81. The molecule has 0 unspecified atom stereocenters. The van der Waals surface area contributed by atoms with Gasteiger partial charge in [0.05, 0.1) is 0 Å². The minimum atomic E-state index is 0.742. The molecule has 2 heteroatoms. The first-order valence-corrected chi connectivity index (χ1v) is 4.89. The van der Waals surface area contributed by atoms with Gasteiger partial charge < -0.3 is 0 Å². The summed E-state index contributed by atoms with van der Waals surface area (Å²) in [6.07, 6.45) is 6.99. The predicted octanol–water partition coefficient (Wildman–Crippen LogP) is 2.82. The Balaban J connectivity index is 2.68. The lowest BCUT2D eigenvalue weighted by atomic mass is 10.0. The van der Waals surface area contributed by atoms with Gasteiger partial charge in [-0.2, -0.15) is 0 Å². The highest BCUT2D eigenvalue weighted by molar-refractivity contribution is 6.17. The van der Waals surface area contributed by atoms with E-state index in [9.17, 15) is 0 Å². The van der Waals surface area contributed by atoms with E-state index in [1.165, 1.54) is 11.1 Å². The van der Waals surface area contributed by atoms with E-state index in [0.29, 0.717) is 0 Å². The van der Waals surface area contributed by atoms with Crippen LogP contribution in [-0.2, 0) is 12.8 Å². The van der Waals surface area contributed by atoms with E-state index < -0.39 is 0 Å². The van der Waals surface area contributed by atoms with Crippen molar-refractivity contribution >= 4 is 11.6 Å². The normalized spacial score (nSPS) is 10.2. The maximum atomic E-state index is 5.63. The lowest BCUT2D eigenvalue weighted by Crippen LogP contribution is -1.94. The molecule has 0 N–H and O–H groups in total. The van der Waals surface area contributed by atoms with Crippen LogP contribution in [0.15, 0.2) is 18.5 Å². The van der Waals surface area contributed by atoms with E-state index in [2.05, 4.69) is 18.0 Å². The second-order valence-electron chi connectivity index (χ2n) is 2.79. The molecule has 1 aromatic rings. The van der Waals surface area contributed by atoms with Crippen LogP contribution in [0, 0.1) is 0 Å². The first-order chi connectivity index (χ1) is 5.88. The third kappa shape index (κ3) is 2.49. The van der Waals surface area contributed by atoms with Gasteiger partial charge >= 0.3 is 0 Å². The molecular weight excluding hydrogens is 170 g/mol. The number of hydrogen-bond acceptors (Lipinski definition) is 1. The Morgan fingerprint density at radius 3 is 2.92 bits per heavy atom. The molecule has 1 nitrogen and oxygen atoms in total. The van der Waals surface area contributed by atoms with Crippen LogP contribution in [0.5, 0.6) is 0 Å². The van der Waals surface area contributed by atoms with Crippen molar-refractivity contribution < 1.29 is 0 Å². The molecule has 0 spiro atoms. The molecule has 1 heterocycles. The predicted molar refractivity (Wildman–Crippen MR) is 52.7 cm³/mol. The summed E-state index contributed by atoms with van der Waals surface area (Å²) in [6, 6.07) is 2.09. The van der Waals surface area contributed by atoms with Gasteiger partial charge in [0.25, 0.3) is 0 Å². The molecule has 0 saturated carbocycles. The molecule has 0 aliphatic rings. The Kier molecular flexibility index (Phi) is 4.09. The fraction of sp³-hybridized carbons (Fsp3) is 0.500. The second kappa shape index (κ2) is 5.15. The van der Waals surface area contributed by atoms with E-state index in [-0.39, 0.29) is 0 Å². The number of halogens is 1. The van der Waals surface area contributed by atoms with Crippen LogP contribution >= 0.6 is 11.6 Å². The molecule has 0 bridgehead atoms. The number of aryl methyl sites for hydroxylation is 2. The van der Waals surface area contributed by atoms with Crippen molar-refractivity contribution in [2.45, 2.75) is 26.2 Å². The first-order valence-electron chi connectivity index (χ1n) is 4.36. The molecule has 1 rings (SSSR count). The Bertz CT molecular complexity index is 235. The van der Waals surface area contributed by atoms with Gasteiger partial charge in [-0.15, -0.1) is 11.6 Å². The van der Waals surface area contributed by atoms with Crippen molar-refractivity contribution in [3.63, 3.8) is 0 Å². The Morgan fingerprint density at radius 2 is 2.25 bits per heavy atom. The monoisotopic (exact) mass is 183 g/mol. The van der Waals surface area contributed by atoms with Crippen molar-refractivity contribution in [1.29, 1.82) is 0 Å².